The molecule has 10 heteroatoms. The van der Waals surface area contributed by atoms with Crippen LogP contribution in [-0.2, 0) is 13.0 Å². The highest BCUT2D eigenvalue weighted by molar-refractivity contribution is 6.30. The number of aromatic amines is 1. The van der Waals surface area contributed by atoms with Crippen LogP contribution in [0.3, 0.4) is 0 Å². The van der Waals surface area contributed by atoms with Gasteiger partial charge in [0.2, 0.25) is 5.82 Å². The van der Waals surface area contributed by atoms with E-state index in [1.165, 1.54) is 0 Å². The quantitative estimate of drug-likeness (QED) is 0.621. The molecule has 0 atom stereocenters. The molecule has 0 saturated carbocycles. The molecule has 3 aromatic rings. The normalized spacial score (nSPS) is 15.1. The number of nitrogens with one attached hydrogen (secondary N) is 1. The summed E-state index contributed by atoms with van der Waals surface area (Å²) in [6, 6.07) is 5.16. The van der Waals surface area contributed by atoms with E-state index < -0.39 is 5.82 Å². The van der Waals surface area contributed by atoms with Crippen molar-refractivity contribution in [1.82, 2.24) is 30.5 Å². The number of hydrogen-bond donors (Lipinski definition) is 1. The molecule has 0 aliphatic carbocycles. The second kappa shape index (κ2) is 9.23. The van der Waals surface area contributed by atoms with Crippen molar-refractivity contribution in [1.29, 1.82) is 0 Å². The van der Waals surface area contributed by atoms with E-state index in [4.69, 9.17) is 11.6 Å². The highest BCUT2D eigenvalue weighted by Crippen LogP contribution is 2.34. The van der Waals surface area contributed by atoms with Crippen molar-refractivity contribution in [3.8, 4) is 11.4 Å². The number of anilines is 1. The summed E-state index contributed by atoms with van der Waals surface area (Å²) in [5.41, 5.74) is 2.81. The summed E-state index contributed by atoms with van der Waals surface area (Å²) in [5.74, 6) is -0.207. The van der Waals surface area contributed by atoms with Gasteiger partial charge in [0.1, 0.15) is 5.82 Å². The third-order valence-electron chi connectivity index (χ3n) is 5.31. The van der Waals surface area contributed by atoms with Crippen LogP contribution in [0, 0.1) is 17.6 Å². The van der Waals surface area contributed by atoms with Crippen LogP contribution < -0.4 is 4.90 Å². The van der Waals surface area contributed by atoms with Gasteiger partial charge < -0.3 is 4.90 Å². The lowest BCUT2D eigenvalue weighted by Crippen LogP contribution is -2.46. The lowest BCUT2D eigenvalue weighted by molar-refractivity contribution is 0.247. The molecule has 0 unspecified atom stereocenters. The number of aromatic nitrogens is 5. The number of H-pyrrole nitrogens is 1. The molecule has 7 nitrogen and oxygen atoms in total. The molecule has 1 N–H and O–H groups in total. The van der Waals surface area contributed by atoms with Gasteiger partial charge in [0.05, 0.1) is 28.2 Å². The largest absolute Gasteiger partial charge is 0.368 e. The van der Waals surface area contributed by atoms with Crippen molar-refractivity contribution >= 4 is 17.3 Å². The molecule has 0 amide bonds. The minimum absolute atomic E-state index is 0.0748. The van der Waals surface area contributed by atoms with Crippen LogP contribution in [0.4, 0.5) is 14.5 Å². The fourth-order valence-electron chi connectivity index (χ4n) is 3.89. The average Bonchev–Trinajstić information content (AvgIpc) is 3.25. The van der Waals surface area contributed by atoms with Crippen molar-refractivity contribution < 1.29 is 8.78 Å². The summed E-state index contributed by atoms with van der Waals surface area (Å²) in [6.45, 7) is 7.69. The van der Waals surface area contributed by atoms with Crippen molar-refractivity contribution in [2.24, 2.45) is 5.92 Å². The van der Waals surface area contributed by atoms with Crippen LogP contribution in [0.2, 0.25) is 5.02 Å². The van der Waals surface area contributed by atoms with Crippen molar-refractivity contribution in [2.75, 3.05) is 31.1 Å². The highest BCUT2D eigenvalue weighted by atomic mass is 35.5. The smallest absolute Gasteiger partial charge is 0.209 e. The second-order valence-electron chi connectivity index (χ2n) is 8.16. The van der Waals surface area contributed by atoms with Gasteiger partial charge in [-0.05, 0) is 41.3 Å². The first-order valence-corrected chi connectivity index (χ1v) is 10.6. The zero-order valence-corrected chi connectivity index (χ0v) is 18.2. The third kappa shape index (κ3) is 4.99. The van der Waals surface area contributed by atoms with E-state index >= 15 is 4.39 Å². The first-order chi connectivity index (χ1) is 14.9. The van der Waals surface area contributed by atoms with Gasteiger partial charge in [-0.2, -0.15) is 5.21 Å². The van der Waals surface area contributed by atoms with Gasteiger partial charge >= 0.3 is 0 Å². The first kappa shape index (κ1) is 21.6. The zero-order chi connectivity index (χ0) is 22.0. The minimum atomic E-state index is -0.521. The fraction of sp³-hybridized carbons (Fsp3) is 0.429. The lowest BCUT2D eigenvalue weighted by atomic mass is 9.98. The Labute approximate surface area is 184 Å². The maximum Gasteiger partial charge on any atom is 0.209 e. The number of halogens is 3. The fourth-order valence-corrected chi connectivity index (χ4v) is 4.07. The van der Waals surface area contributed by atoms with E-state index in [2.05, 4.69) is 49.3 Å². The van der Waals surface area contributed by atoms with Crippen LogP contribution in [0.25, 0.3) is 11.4 Å². The molecule has 0 radical (unpaired) electrons. The monoisotopic (exact) mass is 447 g/mol. The van der Waals surface area contributed by atoms with Crippen molar-refractivity contribution in [2.45, 2.75) is 26.8 Å². The van der Waals surface area contributed by atoms with E-state index in [1.807, 2.05) is 6.07 Å². The molecule has 2 aromatic heterocycles. The molecule has 4 rings (SSSR count). The second-order valence-corrected chi connectivity index (χ2v) is 8.57. The molecule has 1 saturated heterocycles. The molecular weight excluding hydrogens is 424 g/mol. The molecule has 0 bridgehead atoms. The standard InChI is InChI=1S/C21H24ClF2N7/c1-13(2)7-14-8-17(23)20(21-26-28-29-27-21)19(9-14)31-5-3-30(4-6-31)12-15-10-16(22)18(24)11-25-15/h8-11,13H,3-7,12H2,1-2H3,(H,26,27,28,29). The summed E-state index contributed by atoms with van der Waals surface area (Å²) in [6.07, 6.45) is 1.93. The molecule has 31 heavy (non-hydrogen) atoms. The van der Waals surface area contributed by atoms with E-state index in [0.717, 1.165) is 42.7 Å². The van der Waals surface area contributed by atoms with E-state index in [0.29, 0.717) is 31.1 Å². The Morgan fingerprint density at radius 2 is 1.87 bits per heavy atom. The molecule has 3 heterocycles. The number of tetrazole rings is 1. The summed E-state index contributed by atoms with van der Waals surface area (Å²) >= 11 is 5.87. The molecular formula is C21H24ClF2N7. The van der Waals surface area contributed by atoms with Gasteiger partial charge in [0, 0.05) is 32.7 Å². The number of piperazine rings is 1. The predicted octanol–water partition coefficient (Wildman–Crippen LogP) is 3.71. The number of benzene rings is 1. The molecule has 1 aliphatic heterocycles. The number of hydrogen-bond acceptors (Lipinski definition) is 6. The van der Waals surface area contributed by atoms with Crippen molar-refractivity contribution in [3.05, 3.63) is 52.3 Å². The van der Waals surface area contributed by atoms with E-state index in [1.54, 1.807) is 12.1 Å². The van der Waals surface area contributed by atoms with Gasteiger partial charge in [-0.1, -0.05) is 25.4 Å². The summed E-state index contributed by atoms with van der Waals surface area (Å²) in [7, 11) is 0. The minimum Gasteiger partial charge on any atom is -0.368 e. The Hall–Kier alpha value is -2.65. The summed E-state index contributed by atoms with van der Waals surface area (Å²) in [4.78, 5) is 8.49. The molecule has 1 aromatic carbocycles. The van der Waals surface area contributed by atoms with Crippen LogP contribution in [0.1, 0.15) is 25.1 Å². The molecule has 0 spiro atoms. The van der Waals surface area contributed by atoms with Gasteiger partial charge in [-0.15, -0.1) is 10.2 Å². The van der Waals surface area contributed by atoms with Crippen LogP contribution in [-0.4, -0.2) is 56.7 Å². The Morgan fingerprint density at radius 1 is 1.10 bits per heavy atom. The van der Waals surface area contributed by atoms with E-state index in [-0.39, 0.29) is 16.7 Å². The Morgan fingerprint density at radius 3 is 2.52 bits per heavy atom. The Kier molecular flexibility index (Phi) is 6.43. The Bertz CT molecular complexity index is 1030. The Balaban J connectivity index is 1.54. The summed E-state index contributed by atoms with van der Waals surface area (Å²) < 4.78 is 28.5. The van der Waals surface area contributed by atoms with Crippen molar-refractivity contribution in [3.63, 3.8) is 0 Å². The molecule has 1 fully saturated rings. The number of rotatable bonds is 6. The molecule has 164 valence electrons. The predicted molar refractivity (Wildman–Crippen MR) is 115 cm³/mol. The lowest BCUT2D eigenvalue weighted by Gasteiger charge is -2.37. The average molecular weight is 448 g/mol. The topological polar surface area (TPSA) is 73.8 Å². The SMILES string of the molecule is CC(C)Cc1cc(F)c(-c2nn[nH]n2)c(N2CCN(Cc3cc(Cl)c(F)cn3)CC2)c1. The third-order valence-corrected chi connectivity index (χ3v) is 5.60. The summed E-state index contributed by atoms with van der Waals surface area (Å²) in [5, 5.41) is 14.1. The maximum absolute atomic E-state index is 15.1. The van der Waals surface area contributed by atoms with Crippen LogP contribution >= 0.6 is 11.6 Å². The van der Waals surface area contributed by atoms with Crippen LogP contribution in [0.5, 0.6) is 0 Å². The number of nitrogens with zero attached hydrogens (tertiary/aromatic N) is 6. The highest BCUT2D eigenvalue weighted by Gasteiger charge is 2.25. The maximum atomic E-state index is 15.1. The zero-order valence-electron chi connectivity index (χ0n) is 17.4. The van der Waals surface area contributed by atoms with Gasteiger partial charge in [-0.3, -0.25) is 9.88 Å². The van der Waals surface area contributed by atoms with Gasteiger partial charge in [0.25, 0.3) is 0 Å². The van der Waals surface area contributed by atoms with Gasteiger partial charge in [0.15, 0.2) is 5.82 Å². The van der Waals surface area contributed by atoms with Crippen LogP contribution in [0.15, 0.2) is 24.4 Å². The van der Waals surface area contributed by atoms with Gasteiger partial charge in [-0.25, -0.2) is 8.78 Å². The first-order valence-electron chi connectivity index (χ1n) is 10.2. The molecule has 1 aliphatic rings. The van der Waals surface area contributed by atoms with E-state index in [9.17, 15) is 4.39 Å². The number of pyridine rings is 1.